The Hall–Kier alpha value is -2.31. The van der Waals surface area contributed by atoms with Gasteiger partial charge >= 0.3 is 0 Å². The molecular formula is C16H14Cl2N2O4. The summed E-state index contributed by atoms with van der Waals surface area (Å²) in [5.74, 6) is 0.265. The van der Waals surface area contributed by atoms with Crippen LogP contribution in [0.4, 0.5) is 5.69 Å². The number of nitrogens with zero attached hydrogens (tertiary/aromatic N) is 2. The van der Waals surface area contributed by atoms with Gasteiger partial charge in [-0.15, -0.1) is 0 Å². The highest BCUT2D eigenvalue weighted by Crippen LogP contribution is 2.23. The number of nitro groups is 1. The number of ether oxygens (including phenoxy) is 1. The topological polar surface area (TPSA) is 72.7 Å². The van der Waals surface area contributed by atoms with Gasteiger partial charge in [-0.1, -0.05) is 29.3 Å². The molecule has 0 aliphatic rings. The molecule has 0 fully saturated rings. The van der Waals surface area contributed by atoms with Crippen LogP contribution in [0.15, 0.2) is 42.5 Å². The molecule has 24 heavy (non-hydrogen) atoms. The van der Waals surface area contributed by atoms with Gasteiger partial charge in [0.2, 0.25) is 0 Å². The average molecular weight is 369 g/mol. The summed E-state index contributed by atoms with van der Waals surface area (Å²) >= 11 is 11.8. The maximum absolute atomic E-state index is 12.3. The van der Waals surface area contributed by atoms with Crippen molar-refractivity contribution in [3.63, 3.8) is 0 Å². The van der Waals surface area contributed by atoms with Crippen molar-refractivity contribution in [2.24, 2.45) is 0 Å². The van der Waals surface area contributed by atoms with Crippen LogP contribution in [0.25, 0.3) is 0 Å². The van der Waals surface area contributed by atoms with Crippen LogP contribution in [0.3, 0.4) is 0 Å². The Morgan fingerprint density at radius 1 is 1.25 bits per heavy atom. The molecule has 0 bridgehead atoms. The van der Waals surface area contributed by atoms with Crippen LogP contribution < -0.4 is 4.74 Å². The molecule has 2 rings (SSSR count). The summed E-state index contributed by atoms with van der Waals surface area (Å²) in [5, 5.41) is 11.3. The van der Waals surface area contributed by atoms with Crippen LogP contribution >= 0.6 is 23.2 Å². The van der Waals surface area contributed by atoms with E-state index in [1.807, 2.05) is 0 Å². The lowest BCUT2D eigenvalue weighted by Crippen LogP contribution is -2.31. The highest BCUT2D eigenvalue weighted by atomic mass is 35.5. The van der Waals surface area contributed by atoms with Crippen LogP contribution in [-0.2, 0) is 0 Å². The highest BCUT2D eigenvalue weighted by Gasteiger charge is 2.18. The maximum Gasteiger partial charge on any atom is 0.270 e. The Bertz CT molecular complexity index is 767. The van der Waals surface area contributed by atoms with Crippen LogP contribution in [0, 0.1) is 10.1 Å². The first-order chi connectivity index (χ1) is 11.4. The number of halogens is 2. The first-order valence-corrected chi connectivity index (χ1v) is 7.72. The zero-order valence-corrected chi connectivity index (χ0v) is 14.3. The average Bonchev–Trinajstić information content (AvgIpc) is 2.54. The summed E-state index contributed by atoms with van der Waals surface area (Å²) in [4.78, 5) is 23.9. The van der Waals surface area contributed by atoms with Gasteiger partial charge in [0.05, 0.1) is 22.1 Å². The van der Waals surface area contributed by atoms with E-state index in [2.05, 4.69) is 0 Å². The molecule has 1 amide bonds. The minimum Gasteiger partial charge on any atom is -0.492 e. The highest BCUT2D eigenvalue weighted by molar-refractivity contribution is 6.34. The van der Waals surface area contributed by atoms with E-state index in [0.717, 1.165) is 6.07 Å². The number of amides is 1. The maximum atomic E-state index is 12.3. The molecule has 0 spiro atoms. The predicted molar refractivity (Wildman–Crippen MR) is 92.0 cm³/mol. The number of hydrogen-bond acceptors (Lipinski definition) is 4. The minimum absolute atomic E-state index is 0.0387. The zero-order chi connectivity index (χ0) is 17.7. The van der Waals surface area contributed by atoms with Crippen molar-refractivity contribution >= 4 is 34.8 Å². The Labute approximate surface area is 148 Å². The van der Waals surface area contributed by atoms with Gasteiger partial charge in [-0.05, 0) is 24.3 Å². The summed E-state index contributed by atoms with van der Waals surface area (Å²) in [7, 11) is 1.60. The second-order valence-electron chi connectivity index (χ2n) is 4.95. The zero-order valence-electron chi connectivity index (χ0n) is 12.7. The standard InChI is InChI=1S/C16H14Cl2N2O4/c1-19(7-8-24-13-4-2-3-11(17)9-13)16(21)14-6-5-12(20(22)23)10-15(14)18/h2-6,9-10H,7-8H2,1H3. The van der Waals surface area contributed by atoms with Crippen molar-refractivity contribution in [2.75, 3.05) is 20.2 Å². The normalized spacial score (nSPS) is 10.3. The van der Waals surface area contributed by atoms with E-state index in [4.69, 9.17) is 27.9 Å². The molecule has 0 unspecified atom stereocenters. The number of nitro benzene ring substituents is 1. The smallest absolute Gasteiger partial charge is 0.270 e. The lowest BCUT2D eigenvalue weighted by molar-refractivity contribution is -0.384. The SMILES string of the molecule is CN(CCOc1cccc(Cl)c1)C(=O)c1ccc([N+](=O)[O-])cc1Cl. The van der Waals surface area contributed by atoms with E-state index in [9.17, 15) is 14.9 Å². The quantitative estimate of drug-likeness (QED) is 0.569. The van der Waals surface area contributed by atoms with E-state index >= 15 is 0 Å². The van der Waals surface area contributed by atoms with Gasteiger partial charge in [-0.3, -0.25) is 14.9 Å². The molecule has 0 aromatic heterocycles. The third-order valence-corrected chi connectivity index (χ3v) is 3.78. The number of rotatable bonds is 6. The lowest BCUT2D eigenvalue weighted by atomic mass is 10.2. The fraction of sp³-hybridized carbons (Fsp3) is 0.188. The summed E-state index contributed by atoms with van der Waals surface area (Å²) in [6, 6.07) is 10.7. The van der Waals surface area contributed by atoms with E-state index in [1.54, 1.807) is 31.3 Å². The Kier molecular flexibility index (Phi) is 6.00. The van der Waals surface area contributed by atoms with Gasteiger partial charge in [0.25, 0.3) is 11.6 Å². The number of carbonyl (C=O) groups excluding carboxylic acids is 1. The van der Waals surface area contributed by atoms with Gasteiger partial charge < -0.3 is 9.64 Å². The van der Waals surface area contributed by atoms with E-state index in [0.29, 0.717) is 17.3 Å². The molecule has 0 N–H and O–H groups in total. The molecule has 0 saturated heterocycles. The number of carbonyl (C=O) groups is 1. The van der Waals surface area contributed by atoms with Crippen molar-refractivity contribution in [2.45, 2.75) is 0 Å². The van der Waals surface area contributed by atoms with E-state index in [1.165, 1.54) is 17.0 Å². The summed E-state index contributed by atoms with van der Waals surface area (Å²) in [6.07, 6.45) is 0. The Balaban J connectivity index is 1.96. The molecular weight excluding hydrogens is 355 g/mol. The summed E-state index contributed by atoms with van der Waals surface area (Å²) in [5.41, 5.74) is 0.0380. The molecule has 0 atom stereocenters. The van der Waals surface area contributed by atoms with E-state index < -0.39 is 4.92 Å². The number of likely N-dealkylation sites (N-methyl/N-ethyl adjacent to an activating group) is 1. The van der Waals surface area contributed by atoms with Crippen molar-refractivity contribution in [3.05, 3.63) is 68.2 Å². The van der Waals surface area contributed by atoms with Gasteiger partial charge in [-0.25, -0.2) is 0 Å². The van der Waals surface area contributed by atoms with E-state index in [-0.39, 0.29) is 28.8 Å². The predicted octanol–water partition coefficient (Wildman–Crippen LogP) is 4.05. The second-order valence-corrected chi connectivity index (χ2v) is 5.80. The van der Waals surface area contributed by atoms with Crippen LogP contribution in [0.5, 0.6) is 5.75 Å². The molecule has 0 heterocycles. The van der Waals surface area contributed by atoms with Gasteiger partial charge in [0.1, 0.15) is 12.4 Å². The number of non-ortho nitro benzene ring substituents is 1. The van der Waals surface area contributed by atoms with Crippen LogP contribution in [-0.4, -0.2) is 35.9 Å². The summed E-state index contributed by atoms with van der Waals surface area (Å²) in [6.45, 7) is 0.589. The van der Waals surface area contributed by atoms with Gasteiger partial charge in [-0.2, -0.15) is 0 Å². The molecule has 8 heteroatoms. The fourth-order valence-electron chi connectivity index (χ4n) is 1.96. The van der Waals surface area contributed by atoms with Crippen molar-refractivity contribution in [1.82, 2.24) is 4.90 Å². The molecule has 126 valence electrons. The van der Waals surface area contributed by atoms with Crippen molar-refractivity contribution in [1.29, 1.82) is 0 Å². The third-order valence-electron chi connectivity index (χ3n) is 3.23. The lowest BCUT2D eigenvalue weighted by Gasteiger charge is -2.18. The fourth-order valence-corrected chi connectivity index (χ4v) is 2.39. The largest absolute Gasteiger partial charge is 0.492 e. The van der Waals surface area contributed by atoms with Crippen LogP contribution in [0.2, 0.25) is 10.0 Å². The monoisotopic (exact) mass is 368 g/mol. The van der Waals surface area contributed by atoms with Gasteiger partial charge in [0, 0.05) is 24.2 Å². The minimum atomic E-state index is -0.567. The van der Waals surface area contributed by atoms with Gasteiger partial charge in [0.15, 0.2) is 0 Å². The molecule has 6 nitrogen and oxygen atoms in total. The Morgan fingerprint density at radius 3 is 2.62 bits per heavy atom. The molecule has 2 aromatic rings. The van der Waals surface area contributed by atoms with Crippen LogP contribution in [0.1, 0.15) is 10.4 Å². The first kappa shape index (κ1) is 18.0. The Morgan fingerprint density at radius 2 is 2.00 bits per heavy atom. The van der Waals surface area contributed by atoms with Crippen molar-refractivity contribution < 1.29 is 14.5 Å². The summed E-state index contributed by atoms with van der Waals surface area (Å²) < 4.78 is 5.52. The number of hydrogen-bond donors (Lipinski definition) is 0. The van der Waals surface area contributed by atoms with Crippen molar-refractivity contribution in [3.8, 4) is 5.75 Å². The second kappa shape index (κ2) is 7.99. The molecule has 0 saturated carbocycles. The molecule has 0 aliphatic carbocycles. The number of benzene rings is 2. The third kappa shape index (κ3) is 4.59. The molecule has 0 aliphatic heterocycles. The molecule has 2 aromatic carbocycles. The molecule has 0 radical (unpaired) electrons. The first-order valence-electron chi connectivity index (χ1n) is 6.96.